The van der Waals surface area contributed by atoms with Crippen LogP contribution in [0, 0.1) is 0 Å². The number of ether oxygens (including phenoxy) is 1. The summed E-state index contributed by atoms with van der Waals surface area (Å²) in [7, 11) is 3.95. The Morgan fingerprint density at radius 3 is 2.44 bits per heavy atom. The Morgan fingerprint density at radius 2 is 1.82 bits per heavy atom. The van der Waals surface area contributed by atoms with Crippen LogP contribution in [0.4, 0.5) is 0 Å². The van der Waals surface area contributed by atoms with Gasteiger partial charge in [0.2, 0.25) is 0 Å². The average Bonchev–Trinajstić information content (AvgIpc) is 3.07. The van der Waals surface area contributed by atoms with Crippen molar-refractivity contribution in [3.8, 4) is 5.75 Å². The van der Waals surface area contributed by atoms with Gasteiger partial charge in [-0.3, -0.25) is 9.59 Å². The lowest BCUT2D eigenvalue weighted by molar-refractivity contribution is -0.139. The smallest absolute Gasteiger partial charge is 0.295 e. The summed E-state index contributed by atoms with van der Waals surface area (Å²) in [5.74, 6) is -0.416. The van der Waals surface area contributed by atoms with E-state index in [0.717, 1.165) is 24.9 Å². The van der Waals surface area contributed by atoms with E-state index in [1.807, 2.05) is 56.3 Å². The molecule has 1 fully saturated rings. The molecule has 1 aliphatic heterocycles. The molecule has 1 heterocycles. The van der Waals surface area contributed by atoms with Gasteiger partial charge >= 0.3 is 0 Å². The molecule has 1 aliphatic rings. The van der Waals surface area contributed by atoms with Gasteiger partial charge in [0.15, 0.2) is 0 Å². The van der Waals surface area contributed by atoms with E-state index >= 15 is 0 Å². The van der Waals surface area contributed by atoms with Crippen LogP contribution >= 0.6 is 0 Å². The molecule has 1 N–H and O–H groups in total. The fraction of sp³-hybridized carbons (Fsp3) is 0.429. The summed E-state index contributed by atoms with van der Waals surface area (Å²) >= 11 is 0. The Hall–Kier alpha value is -3.12. The first kappa shape index (κ1) is 25.5. The molecule has 1 saturated heterocycles. The van der Waals surface area contributed by atoms with Crippen molar-refractivity contribution >= 4 is 17.4 Å². The maximum Gasteiger partial charge on any atom is 0.295 e. The van der Waals surface area contributed by atoms with E-state index in [1.165, 1.54) is 5.56 Å². The number of likely N-dealkylation sites (tertiary alicyclic amines) is 1. The number of benzene rings is 2. The largest absolute Gasteiger partial charge is 0.507 e. The highest BCUT2D eigenvalue weighted by atomic mass is 16.5. The minimum atomic E-state index is -0.653. The second kappa shape index (κ2) is 11.3. The Morgan fingerprint density at radius 1 is 1.12 bits per heavy atom. The topological polar surface area (TPSA) is 70.1 Å². The zero-order valence-electron chi connectivity index (χ0n) is 20.9. The van der Waals surface area contributed by atoms with Gasteiger partial charge in [-0.2, -0.15) is 0 Å². The maximum atomic E-state index is 13.2. The third kappa shape index (κ3) is 5.68. The summed E-state index contributed by atoms with van der Waals surface area (Å²) in [4.78, 5) is 29.9. The summed E-state index contributed by atoms with van der Waals surface area (Å²) in [5.41, 5.74) is 2.57. The van der Waals surface area contributed by atoms with E-state index in [4.69, 9.17) is 4.74 Å². The van der Waals surface area contributed by atoms with Crippen molar-refractivity contribution in [1.82, 2.24) is 9.80 Å². The van der Waals surface area contributed by atoms with E-state index < -0.39 is 17.7 Å². The second-order valence-electron chi connectivity index (χ2n) is 9.35. The third-order valence-corrected chi connectivity index (χ3v) is 6.04. The zero-order chi connectivity index (χ0) is 24.8. The van der Waals surface area contributed by atoms with Gasteiger partial charge < -0.3 is 19.6 Å². The Bertz CT molecular complexity index is 1040. The van der Waals surface area contributed by atoms with Crippen molar-refractivity contribution in [2.45, 2.75) is 45.6 Å². The molecule has 3 rings (SSSR count). The molecule has 2 aromatic rings. The third-order valence-electron chi connectivity index (χ3n) is 6.04. The summed E-state index contributed by atoms with van der Waals surface area (Å²) < 4.78 is 5.70. The number of carbonyl (C=O) groups is 2. The lowest BCUT2D eigenvalue weighted by atomic mass is 9.93. The van der Waals surface area contributed by atoms with Crippen molar-refractivity contribution < 1.29 is 19.4 Å². The summed E-state index contributed by atoms with van der Waals surface area (Å²) in [6.45, 7) is 8.04. The van der Waals surface area contributed by atoms with Crippen LogP contribution in [0.2, 0.25) is 0 Å². The Kier molecular flexibility index (Phi) is 8.51. The van der Waals surface area contributed by atoms with Gasteiger partial charge in [0.1, 0.15) is 11.5 Å². The van der Waals surface area contributed by atoms with Crippen molar-refractivity contribution in [3.05, 3.63) is 70.8 Å². The number of hydrogen-bond donors (Lipinski definition) is 1. The van der Waals surface area contributed by atoms with Crippen LogP contribution in [0.1, 0.15) is 62.3 Å². The summed E-state index contributed by atoms with van der Waals surface area (Å²) in [5, 5.41) is 11.3. The first-order valence-corrected chi connectivity index (χ1v) is 12.0. The predicted molar refractivity (Wildman–Crippen MR) is 135 cm³/mol. The van der Waals surface area contributed by atoms with Gasteiger partial charge in [-0.15, -0.1) is 0 Å². The fourth-order valence-electron chi connectivity index (χ4n) is 4.19. The number of Topliss-reactive ketones (excluding diaryl/α,β-unsaturated/α-hetero) is 1. The lowest BCUT2D eigenvalue weighted by Crippen LogP contribution is -2.32. The molecule has 0 spiro atoms. The molecule has 182 valence electrons. The molecule has 34 heavy (non-hydrogen) atoms. The molecule has 1 unspecified atom stereocenters. The molecule has 6 heteroatoms. The molecule has 6 nitrogen and oxygen atoms in total. The highest BCUT2D eigenvalue weighted by Gasteiger charge is 2.45. The number of aliphatic hydroxyl groups excluding tert-OH is 1. The zero-order valence-corrected chi connectivity index (χ0v) is 20.9. The number of amides is 1. The molecule has 0 aromatic heterocycles. The van der Waals surface area contributed by atoms with E-state index in [1.54, 1.807) is 23.1 Å². The molecule has 0 aliphatic carbocycles. The van der Waals surface area contributed by atoms with Crippen molar-refractivity contribution in [3.63, 3.8) is 0 Å². The van der Waals surface area contributed by atoms with Crippen LogP contribution in [0.15, 0.2) is 54.1 Å². The summed E-state index contributed by atoms with van der Waals surface area (Å²) in [6.07, 6.45) is 1.58. The van der Waals surface area contributed by atoms with Crippen molar-refractivity contribution in [2.24, 2.45) is 0 Å². The fourth-order valence-corrected chi connectivity index (χ4v) is 4.19. The van der Waals surface area contributed by atoms with Crippen LogP contribution in [0.25, 0.3) is 5.76 Å². The number of aliphatic hydroxyl groups is 1. The van der Waals surface area contributed by atoms with Gasteiger partial charge in [0.05, 0.1) is 18.2 Å². The van der Waals surface area contributed by atoms with Crippen molar-refractivity contribution in [2.75, 3.05) is 33.8 Å². The van der Waals surface area contributed by atoms with Gasteiger partial charge in [-0.1, -0.05) is 57.2 Å². The molecule has 0 radical (unpaired) electrons. The monoisotopic (exact) mass is 464 g/mol. The normalized spacial score (nSPS) is 17.7. The first-order valence-electron chi connectivity index (χ1n) is 12.0. The van der Waals surface area contributed by atoms with Crippen molar-refractivity contribution in [1.29, 1.82) is 0 Å². The standard InChI is InChI=1S/C28H36N2O4/c1-6-17-34-23-10-7-9-22(18-23)26(31)24-25(21-13-11-20(12-14-21)19(2)3)30(28(33)27(24)32)16-8-15-29(4)5/h7,9-14,18-19,25,31H,6,8,15-17H2,1-5H3. The quantitative estimate of drug-likeness (QED) is 0.305. The number of rotatable bonds is 10. The lowest BCUT2D eigenvalue weighted by Gasteiger charge is -2.26. The van der Waals surface area contributed by atoms with E-state index in [9.17, 15) is 14.7 Å². The second-order valence-corrected chi connectivity index (χ2v) is 9.35. The maximum absolute atomic E-state index is 13.2. The van der Waals surface area contributed by atoms with Gasteiger partial charge in [0, 0.05) is 12.1 Å². The van der Waals surface area contributed by atoms with Crippen LogP contribution < -0.4 is 4.74 Å². The minimum absolute atomic E-state index is 0.125. The number of ketones is 1. The number of nitrogens with zero attached hydrogens (tertiary/aromatic N) is 2. The number of hydrogen-bond acceptors (Lipinski definition) is 5. The van der Waals surface area contributed by atoms with Crippen LogP contribution in [0.5, 0.6) is 5.75 Å². The molecule has 1 atom stereocenters. The minimum Gasteiger partial charge on any atom is -0.507 e. The number of carbonyl (C=O) groups excluding carboxylic acids is 2. The van der Waals surface area contributed by atoms with Gasteiger partial charge in [0.25, 0.3) is 11.7 Å². The average molecular weight is 465 g/mol. The molecule has 2 aromatic carbocycles. The van der Waals surface area contributed by atoms with E-state index in [-0.39, 0.29) is 11.3 Å². The van der Waals surface area contributed by atoms with E-state index in [0.29, 0.717) is 30.4 Å². The van der Waals surface area contributed by atoms with E-state index in [2.05, 4.69) is 13.8 Å². The highest BCUT2D eigenvalue weighted by molar-refractivity contribution is 6.46. The Balaban J connectivity index is 2.06. The van der Waals surface area contributed by atoms with Crippen LogP contribution in [-0.2, 0) is 9.59 Å². The molecule has 0 saturated carbocycles. The van der Waals surface area contributed by atoms with Gasteiger partial charge in [-0.05, 0) is 62.7 Å². The predicted octanol–water partition coefficient (Wildman–Crippen LogP) is 4.97. The SMILES string of the molecule is CCCOc1cccc(C(O)=C2C(=O)C(=O)N(CCCN(C)C)C2c2ccc(C(C)C)cc2)c1. The van der Waals surface area contributed by atoms with Crippen LogP contribution in [-0.4, -0.2) is 60.4 Å². The van der Waals surface area contributed by atoms with Crippen LogP contribution in [0.3, 0.4) is 0 Å². The molecule has 1 amide bonds. The molecule has 0 bridgehead atoms. The molecular weight excluding hydrogens is 428 g/mol. The molecular formula is C28H36N2O4. The highest BCUT2D eigenvalue weighted by Crippen LogP contribution is 2.40. The van der Waals surface area contributed by atoms with Gasteiger partial charge in [-0.25, -0.2) is 0 Å². The first-order chi connectivity index (χ1) is 16.2. The Labute approximate surface area is 202 Å². The summed E-state index contributed by atoms with van der Waals surface area (Å²) in [6, 6.07) is 14.4.